The van der Waals surface area contributed by atoms with Crippen molar-refractivity contribution >= 4 is 9.90 Å². The molecule has 0 aliphatic carbocycles. The van der Waals surface area contributed by atoms with Crippen molar-refractivity contribution in [2.75, 3.05) is 0 Å². The molecule has 6 heavy (non-hydrogen) atoms. The van der Waals surface area contributed by atoms with Gasteiger partial charge < -0.3 is 0 Å². The van der Waals surface area contributed by atoms with E-state index in [0.29, 0.717) is 6.42 Å². The molecule has 1 unspecified atom stereocenters. The van der Waals surface area contributed by atoms with Gasteiger partial charge in [-0.15, -0.1) is 0 Å². The highest BCUT2D eigenvalue weighted by Gasteiger charge is 1.65. The maximum atomic E-state index is 7.82. The van der Waals surface area contributed by atoms with E-state index in [9.17, 15) is 0 Å². The second kappa shape index (κ2) is 8.87. The molecular formula is C4H10NP. The van der Waals surface area contributed by atoms with Crippen LogP contribution in [-0.4, -0.2) is 0 Å². The van der Waals surface area contributed by atoms with Crippen molar-refractivity contribution in [2.45, 2.75) is 19.8 Å². The maximum absolute atomic E-state index is 7.82. The van der Waals surface area contributed by atoms with Gasteiger partial charge in [0, 0.05) is 6.42 Å². The highest BCUT2D eigenvalue weighted by molar-refractivity contribution is 6.92. The topological polar surface area (TPSA) is 23.8 Å². The summed E-state index contributed by atoms with van der Waals surface area (Å²) < 4.78 is 0. The van der Waals surface area contributed by atoms with Gasteiger partial charge in [0.2, 0.25) is 0 Å². The molecule has 0 rings (SSSR count). The standard InChI is InChI=1S/C4H7N.H3P/c1-2-3-4-5;/h2-3H2,1H3;1H3. The molecule has 0 aliphatic rings. The Morgan fingerprint density at radius 1 is 1.67 bits per heavy atom. The number of hydrogen-bond donors (Lipinski definition) is 0. The number of unbranched alkanes of at least 4 members (excludes halogenated alkanes) is 1. The van der Waals surface area contributed by atoms with E-state index in [1.807, 2.05) is 13.0 Å². The van der Waals surface area contributed by atoms with Crippen LogP contribution in [0.25, 0.3) is 0 Å². The molecule has 0 saturated carbocycles. The molecule has 0 fully saturated rings. The van der Waals surface area contributed by atoms with Crippen LogP contribution in [0.3, 0.4) is 0 Å². The average Bonchev–Trinajstić information content (AvgIpc) is 1.41. The van der Waals surface area contributed by atoms with Gasteiger partial charge in [0.25, 0.3) is 0 Å². The van der Waals surface area contributed by atoms with E-state index in [2.05, 4.69) is 0 Å². The molecule has 2 heteroatoms. The quantitative estimate of drug-likeness (QED) is 0.460. The lowest BCUT2D eigenvalue weighted by Crippen LogP contribution is -1.53. The molecule has 0 aromatic carbocycles. The third-order valence-electron chi connectivity index (χ3n) is 0.362. The predicted molar refractivity (Wildman–Crippen MR) is 31.6 cm³/mol. The molecule has 0 amide bonds. The zero-order valence-corrected chi connectivity index (χ0v) is 5.48. The van der Waals surface area contributed by atoms with Crippen LogP contribution in [0, 0.1) is 11.3 Å². The summed E-state index contributed by atoms with van der Waals surface area (Å²) in [6.45, 7) is 1.99. The number of nitriles is 1. The Labute approximate surface area is 42.0 Å². The van der Waals surface area contributed by atoms with Crippen LogP contribution in [0.1, 0.15) is 19.8 Å². The van der Waals surface area contributed by atoms with E-state index in [-0.39, 0.29) is 9.90 Å². The van der Waals surface area contributed by atoms with Crippen LogP contribution in [0.2, 0.25) is 0 Å². The Balaban J connectivity index is 0. The predicted octanol–water partition coefficient (Wildman–Crippen LogP) is 1.37. The van der Waals surface area contributed by atoms with Gasteiger partial charge in [-0.3, -0.25) is 0 Å². The summed E-state index contributed by atoms with van der Waals surface area (Å²) in [5.41, 5.74) is 0. The summed E-state index contributed by atoms with van der Waals surface area (Å²) in [4.78, 5) is 0. The summed E-state index contributed by atoms with van der Waals surface area (Å²) in [5, 5.41) is 7.82. The van der Waals surface area contributed by atoms with E-state index in [0.717, 1.165) is 6.42 Å². The number of hydrogen-bond acceptors (Lipinski definition) is 1. The zero-order valence-electron chi connectivity index (χ0n) is 4.07. The molecule has 0 aromatic rings. The van der Waals surface area contributed by atoms with Gasteiger partial charge in [-0.05, 0) is 6.42 Å². The van der Waals surface area contributed by atoms with E-state index in [4.69, 9.17) is 5.26 Å². The molecule has 0 N–H and O–H groups in total. The first-order valence-electron chi connectivity index (χ1n) is 1.78. The monoisotopic (exact) mass is 103 g/mol. The lowest BCUT2D eigenvalue weighted by Gasteiger charge is -1.65. The van der Waals surface area contributed by atoms with E-state index in [1.54, 1.807) is 0 Å². The summed E-state index contributed by atoms with van der Waals surface area (Å²) in [6, 6.07) is 2.02. The summed E-state index contributed by atoms with van der Waals surface area (Å²) in [5.74, 6) is 0. The van der Waals surface area contributed by atoms with Crippen LogP contribution < -0.4 is 0 Å². The molecule has 1 atom stereocenters. The molecule has 0 heterocycles. The zero-order chi connectivity index (χ0) is 4.12. The molecule has 0 aliphatic heterocycles. The van der Waals surface area contributed by atoms with Gasteiger partial charge in [0.05, 0.1) is 6.07 Å². The average molecular weight is 103 g/mol. The molecule has 0 spiro atoms. The normalized spacial score (nSPS) is 5.33. The lowest BCUT2D eigenvalue weighted by molar-refractivity contribution is 0.969. The highest BCUT2D eigenvalue weighted by Crippen LogP contribution is 1.77. The molecule has 0 bridgehead atoms. The highest BCUT2D eigenvalue weighted by atomic mass is 31.0. The van der Waals surface area contributed by atoms with Gasteiger partial charge in [-0.2, -0.15) is 15.2 Å². The first kappa shape index (κ1) is 9.33. The van der Waals surface area contributed by atoms with Crippen molar-refractivity contribution in [3.05, 3.63) is 0 Å². The van der Waals surface area contributed by atoms with Crippen LogP contribution >= 0.6 is 9.90 Å². The third-order valence-corrected chi connectivity index (χ3v) is 0.362. The number of nitrogens with zero attached hydrogens (tertiary/aromatic N) is 1. The fourth-order valence-corrected chi connectivity index (χ4v) is 0.112. The smallest absolute Gasteiger partial charge is 0.0621 e. The maximum Gasteiger partial charge on any atom is 0.0621 e. The van der Waals surface area contributed by atoms with Crippen molar-refractivity contribution in [2.24, 2.45) is 0 Å². The summed E-state index contributed by atoms with van der Waals surface area (Å²) in [7, 11) is 0. The van der Waals surface area contributed by atoms with Crippen LogP contribution in [0.15, 0.2) is 0 Å². The summed E-state index contributed by atoms with van der Waals surface area (Å²) >= 11 is 0. The van der Waals surface area contributed by atoms with Gasteiger partial charge in [-0.1, -0.05) is 6.92 Å². The Kier molecular flexibility index (Phi) is 13.8. The lowest BCUT2D eigenvalue weighted by atomic mass is 10.4. The fourth-order valence-electron chi connectivity index (χ4n) is 0.112. The SMILES string of the molecule is CCCC#N.P. The van der Waals surface area contributed by atoms with E-state index < -0.39 is 0 Å². The van der Waals surface area contributed by atoms with Crippen LogP contribution in [0.4, 0.5) is 0 Å². The molecule has 0 saturated heterocycles. The minimum absolute atomic E-state index is 0. The minimum Gasteiger partial charge on any atom is -0.198 e. The Morgan fingerprint density at radius 2 is 2.17 bits per heavy atom. The first-order chi connectivity index (χ1) is 2.41. The van der Waals surface area contributed by atoms with Gasteiger partial charge in [0.15, 0.2) is 0 Å². The molecule has 0 aromatic heterocycles. The van der Waals surface area contributed by atoms with Gasteiger partial charge >= 0.3 is 0 Å². The molecule has 36 valence electrons. The second-order valence-electron chi connectivity index (χ2n) is 0.908. The van der Waals surface area contributed by atoms with Crippen molar-refractivity contribution in [1.29, 1.82) is 5.26 Å². The van der Waals surface area contributed by atoms with Crippen LogP contribution in [0.5, 0.6) is 0 Å². The van der Waals surface area contributed by atoms with Gasteiger partial charge in [-0.25, -0.2) is 0 Å². The third kappa shape index (κ3) is 9.07. The van der Waals surface area contributed by atoms with E-state index >= 15 is 0 Å². The first-order valence-corrected chi connectivity index (χ1v) is 1.78. The Morgan fingerprint density at radius 3 is 2.17 bits per heavy atom. The Bertz CT molecular complexity index is 46.0. The van der Waals surface area contributed by atoms with Crippen molar-refractivity contribution < 1.29 is 0 Å². The Hall–Kier alpha value is -0.0800. The van der Waals surface area contributed by atoms with Crippen LogP contribution in [-0.2, 0) is 0 Å². The second-order valence-corrected chi connectivity index (χ2v) is 0.908. The fraction of sp³-hybridized carbons (Fsp3) is 0.750. The molecule has 0 radical (unpaired) electrons. The van der Waals surface area contributed by atoms with E-state index in [1.165, 1.54) is 0 Å². The molecular weight excluding hydrogens is 93.0 g/mol. The molecule has 1 nitrogen and oxygen atoms in total. The largest absolute Gasteiger partial charge is 0.198 e. The summed E-state index contributed by atoms with van der Waals surface area (Å²) in [6.07, 6.45) is 1.68. The van der Waals surface area contributed by atoms with Crippen molar-refractivity contribution in [3.8, 4) is 6.07 Å². The minimum atomic E-state index is 0. The number of rotatable bonds is 1. The van der Waals surface area contributed by atoms with Crippen molar-refractivity contribution in [1.82, 2.24) is 0 Å². The van der Waals surface area contributed by atoms with Gasteiger partial charge in [0.1, 0.15) is 0 Å². The van der Waals surface area contributed by atoms with Crippen molar-refractivity contribution in [3.63, 3.8) is 0 Å².